The van der Waals surface area contributed by atoms with Gasteiger partial charge in [0.1, 0.15) is 0 Å². The first kappa shape index (κ1) is 8.19. The van der Waals surface area contributed by atoms with E-state index in [1.165, 1.54) is 6.08 Å². The summed E-state index contributed by atoms with van der Waals surface area (Å²) in [7, 11) is 0. The van der Waals surface area contributed by atoms with Gasteiger partial charge in [-0.05, 0) is 12.2 Å². The fourth-order valence-electron chi connectivity index (χ4n) is 0.638. The van der Waals surface area contributed by atoms with Crippen molar-refractivity contribution in [3.8, 4) is 0 Å². The Hall–Kier alpha value is -0.910. The highest BCUT2D eigenvalue weighted by atomic mass is 79.9. The van der Waals surface area contributed by atoms with Crippen molar-refractivity contribution >= 4 is 15.9 Å². The fraction of sp³-hybridized carbons (Fsp3) is 0.200. The van der Waals surface area contributed by atoms with Crippen LogP contribution in [-0.2, 0) is 0 Å². The molecule has 0 aromatic carbocycles. The Labute approximate surface area is 70.2 Å². The summed E-state index contributed by atoms with van der Waals surface area (Å²) >= 11 is 2.99. The van der Waals surface area contributed by atoms with E-state index in [0.717, 1.165) is 12.3 Å². The summed E-state index contributed by atoms with van der Waals surface area (Å²) in [5.74, 6) is 0. The Bertz CT molecular complexity index is 241. The van der Waals surface area contributed by atoms with Gasteiger partial charge in [0, 0.05) is 4.48 Å². The molecule has 0 spiro atoms. The zero-order valence-corrected chi connectivity index (χ0v) is 6.86. The van der Waals surface area contributed by atoms with Crippen LogP contribution in [0.1, 0.15) is 0 Å². The van der Waals surface area contributed by atoms with E-state index in [2.05, 4.69) is 15.9 Å². The van der Waals surface area contributed by atoms with Crippen LogP contribution in [0.15, 0.2) is 22.8 Å². The first-order valence-corrected chi connectivity index (χ1v) is 3.53. The number of nitro groups is 1. The van der Waals surface area contributed by atoms with Crippen molar-refractivity contribution in [3.63, 3.8) is 0 Å². The summed E-state index contributed by atoms with van der Waals surface area (Å²) in [5.41, 5.74) is 0. The molecule has 0 bridgehead atoms. The fourth-order valence-corrected chi connectivity index (χ4v) is 0.974. The van der Waals surface area contributed by atoms with Gasteiger partial charge in [0.15, 0.2) is 5.03 Å². The molecule has 1 aliphatic rings. The lowest BCUT2D eigenvalue weighted by molar-refractivity contribution is -0.652. The van der Waals surface area contributed by atoms with Crippen molar-refractivity contribution in [2.24, 2.45) is 0 Å². The molecular weight excluding hydrogens is 219 g/mol. The maximum Gasteiger partial charge on any atom is 0.252 e. The Morgan fingerprint density at radius 1 is 1.82 bits per heavy atom. The van der Waals surface area contributed by atoms with Crippen LogP contribution in [0.4, 0.5) is 4.39 Å². The minimum Gasteiger partial charge on any atom is -0.234 e. The average molecular weight is 223 g/mol. The van der Waals surface area contributed by atoms with Crippen LogP contribution in [0.3, 0.4) is 0 Å². The molecule has 0 N–H and O–H groups in total. The third kappa shape index (κ3) is 1.76. The normalized spacial score (nSPS) is 23.3. The van der Waals surface area contributed by atoms with Gasteiger partial charge in [-0.1, -0.05) is 20.9 Å². The summed E-state index contributed by atoms with van der Waals surface area (Å²) < 4.78 is 13.2. The maximum atomic E-state index is 12.7. The highest BCUT2D eigenvalue weighted by molar-refractivity contribution is 9.11. The molecule has 6 heteroatoms. The number of hydrazine groups is 1. The van der Waals surface area contributed by atoms with Crippen molar-refractivity contribution in [1.82, 2.24) is 5.01 Å². The number of rotatable bonds is 1. The first-order chi connectivity index (χ1) is 5.11. The van der Waals surface area contributed by atoms with Gasteiger partial charge in [0.05, 0.1) is 6.20 Å². The number of nitrogens with zero attached hydrogens (tertiary/aromatic N) is 2. The van der Waals surface area contributed by atoms with E-state index in [1.807, 2.05) is 0 Å². The second-order valence-electron chi connectivity index (χ2n) is 1.86. The monoisotopic (exact) mass is 222 g/mol. The summed E-state index contributed by atoms with van der Waals surface area (Å²) in [6.45, 7) is 0. The molecule has 0 aromatic heterocycles. The van der Waals surface area contributed by atoms with Gasteiger partial charge < -0.3 is 0 Å². The molecule has 1 atom stereocenters. The molecule has 11 heavy (non-hydrogen) atoms. The van der Waals surface area contributed by atoms with Gasteiger partial charge >= 0.3 is 0 Å². The van der Waals surface area contributed by atoms with Crippen LogP contribution < -0.4 is 0 Å². The predicted octanol–water partition coefficient (Wildman–Crippen LogP) is 1.58. The third-order valence-corrected chi connectivity index (χ3v) is 1.65. The number of hydrogen-bond acceptors (Lipinski definition) is 2. The lowest BCUT2D eigenvalue weighted by atomic mass is 10.4. The van der Waals surface area contributed by atoms with Crippen LogP contribution in [0.25, 0.3) is 0 Å². The molecule has 0 saturated heterocycles. The van der Waals surface area contributed by atoms with Crippen molar-refractivity contribution in [2.75, 3.05) is 0 Å². The predicted molar refractivity (Wildman–Crippen MR) is 39.9 cm³/mol. The van der Waals surface area contributed by atoms with E-state index < -0.39 is 11.3 Å². The molecule has 0 radical (unpaired) electrons. The average Bonchev–Trinajstić information content (AvgIpc) is 1.85. The van der Waals surface area contributed by atoms with Crippen molar-refractivity contribution in [3.05, 3.63) is 32.9 Å². The van der Waals surface area contributed by atoms with E-state index in [-0.39, 0.29) is 0 Å². The highest BCUT2D eigenvalue weighted by Gasteiger charge is 2.24. The summed E-state index contributed by atoms with van der Waals surface area (Å²) in [5, 5.41) is 9.64. The van der Waals surface area contributed by atoms with Crippen LogP contribution in [-0.4, -0.2) is 16.3 Å². The Kier molecular flexibility index (Phi) is 2.23. The minimum absolute atomic E-state index is 0.380. The Balaban J connectivity index is 2.77. The molecule has 4 nitrogen and oxygen atoms in total. The van der Waals surface area contributed by atoms with Crippen LogP contribution in [0, 0.1) is 10.1 Å². The Morgan fingerprint density at radius 2 is 2.45 bits per heavy atom. The molecule has 0 aromatic rings. The third-order valence-electron chi connectivity index (χ3n) is 1.12. The lowest BCUT2D eigenvalue weighted by Gasteiger charge is -2.14. The maximum absolute atomic E-state index is 12.7. The first-order valence-electron chi connectivity index (χ1n) is 2.73. The molecule has 60 valence electrons. The van der Waals surface area contributed by atoms with E-state index >= 15 is 0 Å². The molecule has 0 amide bonds. The number of hydrogen-bond donors (Lipinski definition) is 0. The van der Waals surface area contributed by atoms with E-state index in [4.69, 9.17) is 0 Å². The van der Waals surface area contributed by atoms with E-state index in [1.54, 1.807) is 0 Å². The molecule has 0 saturated carbocycles. The number of alkyl halides is 1. The van der Waals surface area contributed by atoms with Crippen molar-refractivity contribution in [1.29, 1.82) is 0 Å². The van der Waals surface area contributed by atoms with Gasteiger partial charge in [0.25, 0.3) is 6.30 Å². The van der Waals surface area contributed by atoms with Crippen LogP contribution in [0.2, 0.25) is 0 Å². The number of halogens is 2. The topological polar surface area (TPSA) is 46.4 Å². The molecule has 0 fully saturated rings. The highest BCUT2D eigenvalue weighted by Crippen LogP contribution is 2.18. The Morgan fingerprint density at radius 3 is 2.91 bits per heavy atom. The van der Waals surface area contributed by atoms with Crippen LogP contribution in [0.5, 0.6) is 0 Å². The van der Waals surface area contributed by atoms with Gasteiger partial charge in [-0.3, -0.25) is 0 Å². The van der Waals surface area contributed by atoms with Gasteiger partial charge in [-0.2, -0.15) is 0 Å². The molecule has 0 aliphatic carbocycles. The second-order valence-corrected chi connectivity index (χ2v) is 2.77. The molecule has 1 heterocycles. The molecule has 1 aliphatic heterocycles. The summed E-state index contributed by atoms with van der Waals surface area (Å²) in [6.07, 6.45) is 1.88. The summed E-state index contributed by atoms with van der Waals surface area (Å²) in [4.78, 5) is 10.1. The largest absolute Gasteiger partial charge is 0.252 e. The standard InChI is InChI=1S/C5H4BrFN2O2/c6-4-1-2-8(9(10)11)5(7)3-4/h1-3,5H. The second kappa shape index (κ2) is 3.00. The van der Waals surface area contributed by atoms with Gasteiger partial charge in [0.2, 0.25) is 0 Å². The SMILES string of the molecule is O=[N+]([O-])N1C=CC(Br)=CC1F. The minimum atomic E-state index is -1.69. The van der Waals surface area contributed by atoms with Gasteiger partial charge in [-0.15, -0.1) is 0 Å². The molecule has 1 unspecified atom stereocenters. The van der Waals surface area contributed by atoms with Crippen molar-refractivity contribution < 1.29 is 9.42 Å². The summed E-state index contributed by atoms with van der Waals surface area (Å²) in [6, 6.07) is 0. The lowest BCUT2D eigenvalue weighted by Crippen LogP contribution is -2.32. The molecular formula is C5H4BrFN2O2. The van der Waals surface area contributed by atoms with Crippen LogP contribution >= 0.6 is 15.9 Å². The quantitative estimate of drug-likeness (QED) is 0.385. The number of allylic oxidation sites excluding steroid dienone is 2. The smallest absolute Gasteiger partial charge is 0.234 e. The zero-order valence-electron chi connectivity index (χ0n) is 5.28. The van der Waals surface area contributed by atoms with E-state index in [0.29, 0.717) is 9.49 Å². The van der Waals surface area contributed by atoms with E-state index in [9.17, 15) is 14.5 Å². The zero-order chi connectivity index (χ0) is 8.43. The molecule has 1 rings (SSSR count). The van der Waals surface area contributed by atoms with Gasteiger partial charge in [-0.25, -0.2) is 14.5 Å². The van der Waals surface area contributed by atoms with Crippen molar-refractivity contribution in [2.45, 2.75) is 6.30 Å².